The van der Waals surface area contributed by atoms with Crippen LogP contribution < -0.4 is 16.2 Å². The van der Waals surface area contributed by atoms with Crippen molar-refractivity contribution in [3.8, 4) is 0 Å². The molecule has 0 bridgehead atoms. The van der Waals surface area contributed by atoms with Crippen LogP contribution in [0.4, 0.5) is 0 Å². The maximum atomic E-state index is 12.3. The molecule has 4 nitrogen and oxygen atoms in total. The third-order valence-electron chi connectivity index (χ3n) is 5.18. The molecule has 1 aliphatic rings. The van der Waals surface area contributed by atoms with Crippen LogP contribution in [0.15, 0.2) is 45.8 Å². The van der Waals surface area contributed by atoms with Crippen molar-refractivity contribution >= 4 is 38.2 Å². The molecule has 2 N–H and O–H groups in total. The Kier molecular flexibility index (Phi) is 5.39. The van der Waals surface area contributed by atoms with Gasteiger partial charge in [0.1, 0.15) is 0 Å². The Balaban J connectivity index is 1.74. The largest absolute Gasteiger partial charge is 0.330 e. The van der Waals surface area contributed by atoms with Gasteiger partial charge in [-0.2, -0.15) is 0 Å². The first kappa shape index (κ1) is 18.7. The van der Waals surface area contributed by atoms with Crippen LogP contribution in [0.3, 0.4) is 0 Å². The van der Waals surface area contributed by atoms with Gasteiger partial charge in [-0.25, -0.2) is 0 Å². The molecule has 1 saturated carbocycles. The number of fused-ring (bicyclic) bond motifs is 1. The molecule has 3 aromatic rings. The number of hydrogen-bond acceptors (Lipinski definition) is 4. The lowest BCUT2D eigenvalue weighted by molar-refractivity contribution is 0.578. The number of para-hydroxylation sites is 1. The van der Waals surface area contributed by atoms with Gasteiger partial charge in [0, 0.05) is 38.4 Å². The predicted octanol–water partition coefficient (Wildman–Crippen LogP) is 4.50. The molecule has 0 amide bonds. The lowest BCUT2D eigenvalue weighted by Gasteiger charge is -2.28. The fourth-order valence-corrected chi connectivity index (χ4v) is 5.78. The first-order valence-electron chi connectivity index (χ1n) is 9.43. The summed E-state index contributed by atoms with van der Waals surface area (Å²) in [4.78, 5) is 15.1. The predicted molar refractivity (Wildman–Crippen MR) is 117 cm³/mol. The Morgan fingerprint density at radius 3 is 2.81 bits per heavy atom. The molecule has 0 atom stereocenters. The summed E-state index contributed by atoms with van der Waals surface area (Å²) >= 11 is 5.74. The Hall–Kier alpha value is -1.63. The lowest BCUT2D eigenvalue weighted by atomic mass is 10.2. The molecule has 2 heterocycles. The number of pyridine rings is 1. The fraction of sp³-hybridized carbons (Fsp3) is 0.381. The van der Waals surface area contributed by atoms with Crippen molar-refractivity contribution in [2.45, 2.75) is 38.6 Å². The third kappa shape index (κ3) is 3.71. The number of halogens is 1. The van der Waals surface area contributed by atoms with E-state index in [1.807, 2.05) is 41.8 Å². The molecular weight excluding hydrogens is 422 g/mol. The van der Waals surface area contributed by atoms with Gasteiger partial charge in [0.25, 0.3) is 0 Å². The van der Waals surface area contributed by atoms with Gasteiger partial charge < -0.3 is 10.7 Å². The Labute approximate surface area is 171 Å². The van der Waals surface area contributed by atoms with E-state index in [1.54, 1.807) is 6.07 Å². The van der Waals surface area contributed by atoms with Crippen LogP contribution in [0.5, 0.6) is 0 Å². The highest BCUT2D eigenvalue weighted by Gasteiger charge is 2.29. The number of nitrogens with two attached hydrogens (primary N) is 1. The maximum absolute atomic E-state index is 12.3. The first-order chi connectivity index (χ1) is 13.1. The van der Waals surface area contributed by atoms with E-state index in [0.29, 0.717) is 6.54 Å². The van der Waals surface area contributed by atoms with E-state index < -0.39 is 0 Å². The summed E-state index contributed by atoms with van der Waals surface area (Å²) in [5.41, 5.74) is 8.14. The molecule has 0 unspecified atom stereocenters. The van der Waals surface area contributed by atoms with Gasteiger partial charge >= 0.3 is 0 Å². The number of benzene rings is 1. The number of hydrogen-bond donors (Lipinski definition) is 1. The van der Waals surface area contributed by atoms with Gasteiger partial charge in [0.15, 0.2) is 5.43 Å². The molecule has 0 aliphatic heterocycles. The Bertz CT molecular complexity index is 1020. The van der Waals surface area contributed by atoms with E-state index in [0.717, 1.165) is 36.3 Å². The SMILES string of the molecule is Cc1c(CN(CCCN)n2ccc(=O)c3ccccc32)sc(C2CC2)c1Br. The topological polar surface area (TPSA) is 51.3 Å². The Morgan fingerprint density at radius 1 is 1.30 bits per heavy atom. The summed E-state index contributed by atoms with van der Waals surface area (Å²) in [6.07, 6.45) is 5.40. The van der Waals surface area contributed by atoms with E-state index in [2.05, 4.69) is 32.5 Å². The van der Waals surface area contributed by atoms with Crippen molar-refractivity contribution in [1.29, 1.82) is 0 Å². The minimum absolute atomic E-state index is 0.0618. The van der Waals surface area contributed by atoms with Crippen LogP contribution in [0, 0.1) is 6.92 Å². The standard InChI is InChI=1S/C21H24BrN3OS/c1-14-19(27-21(20(14)22)15-7-8-15)13-24(11-4-10-23)25-12-9-18(26)16-5-2-3-6-17(16)25/h2-3,5-6,9,12,15H,4,7-8,10-11,13,23H2,1H3. The van der Waals surface area contributed by atoms with E-state index >= 15 is 0 Å². The molecule has 0 radical (unpaired) electrons. The van der Waals surface area contributed by atoms with Crippen LogP contribution in [0.1, 0.15) is 40.5 Å². The fourth-order valence-electron chi connectivity index (χ4n) is 3.46. The number of nitrogens with zero attached hydrogens (tertiary/aromatic N) is 2. The highest BCUT2D eigenvalue weighted by atomic mass is 79.9. The van der Waals surface area contributed by atoms with Crippen molar-refractivity contribution in [3.63, 3.8) is 0 Å². The van der Waals surface area contributed by atoms with Gasteiger partial charge in [-0.1, -0.05) is 12.1 Å². The summed E-state index contributed by atoms with van der Waals surface area (Å²) in [5.74, 6) is 0.738. The lowest BCUT2D eigenvalue weighted by Crippen LogP contribution is -2.36. The summed E-state index contributed by atoms with van der Waals surface area (Å²) in [5, 5.41) is 3.05. The van der Waals surface area contributed by atoms with Gasteiger partial charge in [-0.05, 0) is 72.3 Å². The van der Waals surface area contributed by atoms with Gasteiger partial charge in [-0.15, -0.1) is 11.3 Å². The van der Waals surface area contributed by atoms with Crippen LogP contribution in [0.25, 0.3) is 10.9 Å². The smallest absolute Gasteiger partial charge is 0.189 e. The molecule has 142 valence electrons. The molecular formula is C21H24BrN3OS. The number of thiophene rings is 1. The van der Waals surface area contributed by atoms with Gasteiger partial charge in [0.2, 0.25) is 0 Å². The van der Waals surface area contributed by atoms with Crippen molar-refractivity contribution < 1.29 is 0 Å². The second-order valence-corrected chi connectivity index (χ2v) is 9.10. The van der Waals surface area contributed by atoms with E-state index in [1.165, 1.54) is 32.6 Å². The molecule has 1 fully saturated rings. The van der Waals surface area contributed by atoms with Gasteiger partial charge in [0.05, 0.1) is 12.1 Å². The number of aromatic nitrogens is 1. The second-order valence-electron chi connectivity index (χ2n) is 7.17. The highest BCUT2D eigenvalue weighted by Crippen LogP contribution is 2.49. The van der Waals surface area contributed by atoms with E-state index in [-0.39, 0.29) is 5.43 Å². The third-order valence-corrected chi connectivity index (χ3v) is 7.90. The van der Waals surface area contributed by atoms with Crippen LogP contribution in [0.2, 0.25) is 0 Å². The molecule has 0 saturated heterocycles. The monoisotopic (exact) mass is 445 g/mol. The minimum Gasteiger partial charge on any atom is -0.330 e. The molecule has 1 aliphatic carbocycles. The van der Waals surface area contributed by atoms with Crippen LogP contribution >= 0.6 is 27.3 Å². The summed E-state index contributed by atoms with van der Waals surface area (Å²) in [6, 6.07) is 9.47. The zero-order valence-corrected chi connectivity index (χ0v) is 17.9. The maximum Gasteiger partial charge on any atom is 0.189 e. The summed E-state index contributed by atoms with van der Waals surface area (Å²) in [6.45, 7) is 4.51. The van der Waals surface area contributed by atoms with Crippen molar-refractivity contribution in [2.75, 3.05) is 18.1 Å². The average Bonchev–Trinajstić information content (AvgIpc) is 3.48. The highest BCUT2D eigenvalue weighted by molar-refractivity contribution is 9.10. The average molecular weight is 446 g/mol. The zero-order valence-electron chi connectivity index (χ0n) is 15.5. The second kappa shape index (κ2) is 7.78. The van der Waals surface area contributed by atoms with E-state index in [9.17, 15) is 4.79 Å². The first-order valence-corrected chi connectivity index (χ1v) is 11.0. The van der Waals surface area contributed by atoms with Crippen LogP contribution in [-0.2, 0) is 6.54 Å². The normalized spacial score (nSPS) is 14.0. The Morgan fingerprint density at radius 2 is 2.07 bits per heavy atom. The minimum atomic E-state index is 0.0618. The van der Waals surface area contributed by atoms with E-state index in [4.69, 9.17) is 5.73 Å². The molecule has 1 aromatic carbocycles. The zero-order chi connectivity index (χ0) is 19.0. The molecule has 6 heteroatoms. The van der Waals surface area contributed by atoms with Crippen molar-refractivity contribution in [1.82, 2.24) is 4.68 Å². The molecule has 27 heavy (non-hydrogen) atoms. The quantitative estimate of drug-likeness (QED) is 0.582. The van der Waals surface area contributed by atoms with Crippen molar-refractivity contribution in [3.05, 3.63) is 66.5 Å². The molecule has 4 rings (SSSR count). The van der Waals surface area contributed by atoms with Gasteiger partial charge in [-0.3, -0.25) is 9.47 Å². The van der Waals surface area contributed by atoms with Crippen LogP contribution in [-0.4, -0.2) is 17.8 Å². The number of rotatable bonds is 7. The van der Waals surface area contributed by atoms with Crippen molar-refractivity contribution in [2.24, 2.45) is 5.73 Å². The molecule has 2 aromatic heterocycles. The summed E-state index contributed by atoms with van der Waals surface area (Å²) < 4.78 is 3.41. The molecule has 0 spiro atoms. The summed E-state index contributed by atoms with van der Waals surface area (Å²) in [7, 11) is 0.